The third kappa shape index (κ3) is 3.20. The van der Waals surface area contributed by atoms with Crippen LogP contribution in [0, 0.1) is 0 Å². The number of anilines is 1. The highest BCUT2D eigenvalue weighted by Crippen LogP contribution is 2.26. The van der Waals surface area contributed by atoms with Crippen molar-refractivity contribution in [1.29, 1.82) is 0 Å². The van der Waals surface area contributed by atoms with Gasteiger partial charge in [0.25, 0.3) is 11.7 Å². The zero-order valence-corrected chi connectivity index (χ0v) is 10.3. The van der Waals surface area contributed by atoms with E-state index in [0.717, 1.165) is 11.3 Å². The summed E-state index contributed by atoms with van der Waals surface area (Å²) in [6, 6.07) is 2.93. The van der Waals surface area contributed by atoms with Gasteiger partial charge in [-0.2, -0.15) is 8.78 Å². The zero-order chi connectivity index (χ0) is 13.0. The monoisotopic (exact) mass is 288 g/mol. The lowest BCUT2D eigenvalue weighted by Crippen LogP contribution is -2.13. The summed E-state index contributed by atoms with van der Waals surface area (Å²) < 4.78 is 24.6. The number of carbonyl (C=O) groups excluding carboxylic acids is 1. The van der Waals surface area contributed by atoms with Gasteiger partial charge in [-0.1, -0.05) is 11.3 Å². The van der Waals surface area contributed by atoms with Crippen LogP contribution in [0.3, 0.4) is 0 Å². The van der Waals surface area contributed by atoms with Gasteiger partial charge in [-0.25, -0.2) is 4.98 Å². The number of aromatic nitrogens is 3. The molecule has 2 heterocycles. The summed E-state index contributed by atoms with van der Waals surface area (Å²) in [5.74, 6) is -3.17. The molecule has 0 radical (unpaired) electrons. The molecule has 0 bridgehead atoms. The minimum atomic E-state index is -2.63. The Bertz CT molecular complexity index is 535. The number of nitrogens with zero attached hydrogens (tertiary/aromatic N) is 3. The summed E-state index contributed by atoms with van der Waals surface area (Å²) in [5, 5.41) is 9.93. The minimum Gasteiger partial charge on any atom is -0.296 e. The average Bonchev–Trinajstić information content (AvgIpc) is 2.81. The predicted octanol–water partition coefficient (Wildman–Crippen LogP) is 2.50. The highest BCUT2D eigenvalue weighted by Gasteiger charge is 2.17. The fourth-order valence-electron chi connectivity index (χ4n) is 1.13. The maximum atomic E-state index is 12.3. The largest absolute Gasteiger partial charge is 0.296 e. The van der Waals surface area contributed by atoms with Crippen LogP contribution in [0.1, 0.15) is 10.4 Å². The van der Waals surface area contributed by atoms with Crippen molar-refractivity contribution in [2.45, 2.75) is 10.8 Å². The summed E-state index contributed by atoms with van der Waals surface area (Å²) >= 11 is 1.36. The predicted molar refractivity (Wildman–Crippen MR) is 64.0 cm³/mol. The summed E-state index contributed by atoms with van der Waals surface area (Å²) in [4.78, 5) is 15.6. The Kier molecular flexibility index (Phi) is 4.15. The van der Waals surface area contributed by atoms with Crippen molar-refractivity contribution in [3.05, 3.63) is 29.4 Å². The molecule has 18 heavy (non-hydrogen) atoms. The van der Waals surface area contributed by atoms with Crippen molar-refractivity contribution < 1.29 is 13.6 Å². The van der Waals surface area contributed by atoms with Gasteiger partial charge >= 0.3 is 0 Å². The van der Waals surface area contributed by atoms with Gasteiger partial charge in [0, 0.05) is 6.20 Å². The third-order valence-corrected chi connectivity index (χ3v) is 3.13. The number of rotatable bonds is 4. The first-order chi connectivity index (χ1) is 8.66. The van der Waals surface area contributed by atoms with Gasteiger partial charge in [0.05, 0.1) is 5.56 Å². The van der Waals surface area contributed by atoms with Crippen molar-refractivity contribution in [3.8, 4) is 0 Å². The van der Waals surface area contributed by atoms with Crippen molar-refractivity contribution in [2.75, 3.05) is 5.32 Å². The number of carbonyl (C=O) groups is 1. The SMILES string of the molecule is O=C(Nc1nncs1)c1cccnc1SC(F)F. The van der Waals surface area contributed by atoms with E-state index in [9.17, 15) is 13.6 Å². The fourth-order valence-corrected chi connectivity index (χ4v) is 2.15. The van der Waals surface area contributed by atoms with E-state index in [0.29, 0.717) is 5.13 Å². The van der Waals surface area contributed by atoms with Gasteiger partial charge in [0.2, 0.25) is 5.13 Å². The first-order valence-corrected chi connectivity index (χ1v) is 6.40. The van der Waals surface area contributed by atoms with E-state index in [1.807, 2.05) is 0 Å². The van der Waals surface area contributed by atoms with Crippen LogP contribution < -0.4 is 5.32 Å². The van der Waals surface area contributed by atoms with E-state index in [4.69, 9.17) is 0 Å². The quantitative estimate of drug-likeness (QED) is 0.875. The van der Waals surface area contributed by atoms with Crippen LogP contribution in [-0.4, -0.2) is 26.8 Å². The highest BCUT2D eigenvalue weighted by atomic mass is 32.2. The summed E-state index contributed by atoms with van der Waals surface area (Å²) in [6.07, 6.45) is 1.35. The number of alkyl halides is 2. The minimum absolute atomic E-state index is 0.0190. The number of nitrogens with one attached hydrogen (secondary N) is 1. The van der Waals surface area contributed by atoms with E-state index in [2.05, 4.69) is 20.5 Å². The molecular weight excluding hydrogens is 282 g/mol. The number of thioether (sulfide) groups is 1. The molecule has 9 heteroatoms. The topological polar surface area (TPSA) is 67.8 Å². The average molecular weight is 288 g/mol. The molecule has 0 aliphatic heterocycles. The first-order valence-electron chi connectivity index (χ1n) is 4.64. The second kappa shape index (κ2) is 5.83. The molecule has 1 N–H and O–H groups in total. The molecule has 0 aromatic carbocycles. The van der Waals surface area contributed by atoms with Crippen LogP contribution in [0.15, 0.2) is 28.9 Å². The summed E-state index contributed by atoms with van der Waals surface area (Å²) in [7, 11) is 0. The number of amides is 1. The van der Waals surface area contributed by atoms with Gasteiger partial charge in [-0.05, 0) is 23.9 Å². The first kappa shape index (κ1) is 12.8. The maximum absolute atomic E-state index is 12.3. The Balaban J connectivity index is 2.19. The van der Waals surface area contributed by atoms with E-state index in [1.165, 1.54) is 23.8 Å². The molecule has 0 aliphatic carbocycles. The van der Waals surface area contributed by atoms with Crippen LogP contribution in [0.4, 0.5) is 13.9 Å². The van der Waals surface area contributed by atoms with Gasteiger partial charge in [-0.15, -0.1) is 10.2 Å². The van der Waals surface area contributed by atoms with E-state index < -0.39 is 11.7 Å². The third-order valence-electron chi connectivity index (χ3n) is 1.80. The van der Waals surface area contributed by atoms with Crippen LogP contribution in [0.2, 0.25) is 0 Å². The Morgan fingerprint density at radius 2 is 2.33 bits per heavy atom. The van der Waals surface area contributed by atoms with E-state index >= 15 is 0 Å². The number of hydrogen-bond donors (Lipinski definition) is 1. The number of pyridine rings is 1. The van der Waals surface area contributed by atoms with Crippen molar-refractivity contribution in [2.24, 2.45) is 0 Å². The second-order valence-electron chi connectivity index (χ2n) is 2.93. The lowest BCUT2D eigenvalue weighted by atomic mass is 10.3. The van der Waals surface area contributed by atoms with Crippen LogP contribution in [0.25, 0.3) is 0 Å². The van der Waals surface area contributed by atoms with Crippen molar-refractivity contribution in [3.63, 3.8) is 0 Å². The molecule has 2 rings (SSSR count). The lowest BCUT2D eigenvalue weighted by Gasteiger charge is -2.06. The van der Waals surface area contributed by atoms with Crippen LogP contribution >= 0.6 is 23.1 Å². The van der Waals surface area contributed by atoms with Crippen molar-refractivity contribution >= 4 is 34.1 Å². The molecule has 0 saturated heterocycles. The molecule has 5 nitrogen and oxygen atoms in total. The maximum Gasteiger partial charge on any atom is 0.290 e. The zero-order valence-electron chi connectivity index (χ0n) is 8.71. The summed E-state index contributed by atoms with van der Waals surface area (Å²) in [5.41, 5.74) is 1.53. The molecule has 0 aliphatic rings. The van der Waals surface area contributed by atoms with E-state index in [-0.39, 0.29) is 22.4 Å². The molecule has 0 fully saturated rings. The molecule has 94 valence electrons. The lowest BCUT2D eigenvalue weighted by molar-refractivity contribution is 0.102. The Hall–Kier alpha value is -1.61. The molecule has 0 unspecified atom stereocenters. The Morgan fingerprint density at radius 1 is 1.50 bits per heavy atom. The van der Waals surface area contributed by atoms with Crippen LogP contribution in [-0.2, 0) is 0 Å². The molecule has 2 aromatic heterocycles. The number of halogens is 2. The normalized spacial score (nSPS) is 10.6. The van der Waals surface area contributed by atoms with Crippen molar-refractivity contribution in [1.82, 2.24) is 15.2 Å². The van der Waals surface area contributed by atoms with Crippen LogP contribution in [0.5, 0.6) is 0 Å². The van der Waals surface area contributed by atoms with Gasteiger partial charge in [0.1, 0.15) is 10.5 Å². The molecule has 0 saturated carbocycles. The molecule has 2 aromatic rings. The Labute approximate surface area is 109 Å². The Morgan fingerprint density at radius 3 is 3.00 bits per heavy atom. The fraction of sp³-hybridized carbons (Fsp3) is 0.111. The number of hydrogen-bond acceptors (Lipinski definition) is 6. The van der Waals surface area contributed by atoms with E-state index in [1.54, 1.807) is 0 Å². The second-order valence-corrected chi connectivity index (χ2v) is 4.74. The standard InChI is InChI=1S/C9H6F2N4OS2/c10-8(11)18-7-5(2-1-3-12-7)6(16)14-9-15-13-4-17-9/h1-4,8H,(H,14,15,16). The summed E-state index contributed by atoms with van der Waals surface area (Å²) in [6.45, 7) is 0. The van der Waals surface area contributed by atoms with Gasteiger partial charge < -0.3 is 0 Å². The molecule has 1 amide bonds. The molecule has 0 spiro atoms. The smallest absolute Gasteiger partial charge is 0.290 e. The molecule has 0 atom stereocenters. The van der Waals surface area contributed by atoms with Gasteiger partial charge in [-0.3, -0.25) is 10.1 Å². The van der Waals surface area contributed by atoms with Gasteiger partial charge in [0.15, 0.2) is 0 Å². The highest BCUT2D eigenvalue weighted by molar-refractivity contribution is 7.99. The molecular formula is C9H6F2N4OS2.